The number of nitrogens with zero attached hydrogens (tertiary/aromatic N) is 1. The van der Waals surface area contributed by atoms with Crippen molar-refractivity contribution in [1.82, 2.24) is 0 Å². The van der Waals surface area contributed by atoms with Gasteiger partial charge in [-0.15, -0.1) is 0 Å². The molecule has 3 rings (SSSR count). The van der Waals surface area contributed by atoms with E-state index < -0.39 is 15.3 Å². The lowest BCUT2D eigenvalue weighted by Crippen LogP contribution is -2.45. The number of halogens is 1. The molecule has 168 valence electrons. The first-order chi connectivity index (χ1) is 14.5. The van der Waals surface area contributed by atoms with Gasteiger partial charge in [0.2, 0.25) is 10.0 Å². The zero-order chi connectivity index (χ0) is 22.8. The molecule has 0 spiro atoms. The summed E-state index contributed by atoms with van der Waals surface area (Å²) in [4.78, 5) is 14.8. The molecule has 1 saturated heterocycles. The molecule has 0 saturated carbocycles. The summed E-state index contributed by atoms with van der Waals surface area (Å²) in [5.74, 6) is -0.310. The molecule has 0 aromatic heterocycles. The highest BCUT2D eigenvalue weighted by atomic mass is 35.5. The highest BCUT2D eigenvalue weighted by Gasteiger charge is 2.24. The molecule has 0 bridgehead atoms. The Balaban J connectivity index is 1.67. The number of morpholine rings is 1. The lowest BCUT2D eigenvalue weighted by atomic mass is 10.1. The topological polar surface area (TPSA) is 87.7 Å². The van der Waals surface area contributed by atoms with Crippen molar-refractivity contribution >= 4 is 44.6 Å². The van der Waals surface area contributed by atoms with Crippen LogP contribution >= 0.6 is 11.6 Å². The van der Waals surface area contributed by atoms with Gasteiger partial charge in [0, 0.05) is 30.0 Å². The van der Waals surface area contributed by atoms with Crippen LogP contribution in [0.1, 0.15) is 38.1 Å². The molecule has 9 heteroatoms. The van der Waals surface area contributed by atoms with Gasteiger partial charge in [-0.1, -0.05) is 11.6 Å². The summed E-state index contributed by atoms with van der Waals surface area (Å²) in [5, 5.41) is 2.83. The van der Waals surface area contributed by atoms with Crippen molar-refractivity contribution in [3.05, 3.63) is 53.1 Å². The van der Waals surface area contributed by atoms with Crippen molar-refractivity contribution in [2.45, 2.75) is 45.2 Å². The van der Waals surface area contributed by atoms with E-state index >= 15 is 0 Å². The second kappa shape index (κ2) is 9.46. The molecule has 2 atom stereocenters. The van der Waals surface area contributed by atoms with E-state index in [9.17, 15) is 13.2 Å². The normalized spacial score (nSPS) is 19.4. The van der Waals surface area contributed by atoms with Gasteiger partial charge in [0.1, 0.15) is 0 Å². The Kier molecular flexibility index (Phi) is 7.13. The fourth-order valence-corrected chi connectivity index (χ4v) is 4.39. The van der Waals surface area contributed by atoms with Crippen LogP contribution in [0.2, 0.25) is 5.02 Å². The Morgan fingerprint density at radius 2 is 1.65 bits per heavy atom. The third-order valence-corrected chi connectivity index (χ3v) is 7.06. The molecule has 0 unspecified atom stereocenters. The molecule has 1 aliphatic heterocycles. The number of carbonyl (C=O) groups is 1. The number of rotatable bonds is 6. The molecule has 1 fully saturated rings. The predicted octanol–water partition coefficient (Wildman–Crippen LogP) is 4.36. The van der Waals surface area contributed by atoms with Gasteiger partial charge >= 0.3 is 0 Å². The number of amides is 1. The maximum Gasteiger partial charge on any atom is 0.255 e. The van der Waals surface area contributed by atoms with E-state index in [1.54, 1.807) is 44.2 Å². The van der Waals surface area contributed by atoms with Crippen LogP contribution in [-0.4, -0.2) is 44.9 Å². The molecule has 0 radical (unpaired) electrons. The number of nitrogens with one attached hydrogen (secondary N) is 2. The van der Waals surface area contributed by atoms with Crippen molar-refractivity contribution in [3.8, 4) is 0 Å². The Bertz CT molecular complexity index is 1030. The van der Waals surface area contributed by atoms with E-state index in [-0.39, 0.29) is 18.1 Å². The third kappa shape index (κ3) is 5.90. The second-order valence-electron chi connectivity index (χ2n) is 8.06. The molecule has 7 nitrogen and oxygen atoms in total. The molecule has 1 heterocycles. The van der Waals surface area contributed by atoms with E-state index in [4.69, 9.17) is 16.3 Å². The van der Waals surface area contributed by atoms with E-state index in [1.807, 2.05) is 26.0 Å². The predicted molar refractivity (Wildman–Crippen MR) is 126 cm³/mol. The second-order valence-corrected chi connectivity index (χ2v) is 10.7. The molecular formula is C22H28ClN3O4S. The van der Waals surface area contributed by atoms with E-state index in [1.165, 1.54) is 0 Å². The van der Waals surface area contributed by atoms with E-state index in [2.05, 4.69) is 14.9 Å². The molecule has 31 heavy (non-hydrogen) atoms. The molecular weight excluding hydrogens is 438 g/mol. The van der Waals surface area contributed by atoms with Gasteiger partial charge in [0.05, 0.1) is 28.2 Å². The molecule has 0 aliphatic carbocycles. The van der Waals surface area contributed by atoms with Gasteiger partial charge < -0.3 is 15.0 Å². The highest BCUT2D eigenvalue weighted by Crippen LogP contribution is 2.31. The van der Waals surface area contributed by atoms with E-state index in [0.717, 1.165) is 18.8 Å². The van der Waals surface area contributed by atoms with Crippen molar-refractivity contribution in [1.29, 1.82) is 0 Å². The number of hydrogen-bond donors (Lipinski definition) is 2. The van der Waals surface area contributed by atoms with Crippen molar-refractivity contribution in [3.63, 3.8) is 0 Å². The minimum atomic E-state index is -3.44. The number of sulfonamides is 1. The standard InChI is InChI=1S/C22H28ClN3O4S/c1-14(2)31(28,29)25-18-7-5-17(6-8-18)22(27)24-19-9-10-21(20(23)11-19)26-12-15(3)30-16(4)13-26/h5-11,14-16,25H,12-13H2,1-4H3,(H,24,27)/t15-,16+. The van der Waals surface area contributed by atoms with Gasteiger partial charge in [-0.05, 0) is 70.2 Å². The first-order valence-corrected chi connectivity index (χ1v) is 12.1. The van der Waals surface area contributed by atoms with Gasteiger partial charge in [0.15, 0.2) is 0 Å². The van der Waals surface area contributed by atoms with Gasteiger partial charge in [-0.2, -0.15) is 0 Å². The van der Waals surface area contributed by atoms with Crippen LogP contribution in [0.25, 0.3) is 0 Å². The fraction of sp³-hybridized carbons (Fsp3) is 0.409. The van der Waals surface area contributed by atoms with Crippen molar-refractivity contribution < 1.29 is 17.9 Å². The number of benzene rings is 2. The Morgan fingerprint density at radius 3 is 2.19 bits per heavy atom. The zero-order valence-electron chi connectivity index (χ0n) is 18.1. The fourth-order valence-electron chi connectivity index (χ4n) is 3.39. The summed E-state index contributed by atoms with van der Waals surface area (Å²) >= 11 is 6.50. The minimum absolute atomic E-state index is 0.118. The average Bonchev–Trinajstić information content (AvgIpc) is 2.67. The number of carbonyl (C=O) groups excluding carboxylic acids is 1. The summed E-state index contributed by atoms with van der Waals surface area (Å²) in [6.07, 6.45) is 0.236. The average molecular weight is 466 g/mol. The smallest absolute Gasteiger partial charge is 0.255 e. The first-order valence-electron chi connectivity index (χ1n) is 10.2. The van der Waals surface area contributed by atoms with Crippen LogP contribution in [0, 0.1) is 0 Å². The summed E-state index contributed by atoms with van der Waals surface area (Å²) in [7, 11) is -3.44. The largest absolute Gasteiger partial charge is 0.372 e. The zero-order valence-corrected chi connectivity index (χ0v) is 19.6. The first kappa shape index (κ1) is 23.4. The Labute approximate surface area is 188 Å². The van der Waals surface area contributed by atoms with Crippen LogP contribution in [0.15, 0.2) is 42.5 Å². The van der Waals surface area contributed by atoms with Crippen molar-refractivity contribution in [2.75, 3.05) is 28.0 Å². The molecule has 2 aromatic carbocycles. The van der Waals surface area contributed by atoms with Gasteiger partial charge in [-0.3, -0.25) is 9.52 Å². The molecule has 2 N–H and O–H groups in total. The molecule has 1 amide bonds. The lowest BCUT2D eigenvalue weighted by molar-refractivity contribution is -0.00521. The minimum Gasteiger partial charge on any atom is -0.372 e. The summed E-state index contributed by atoms with van der Waals surface area (Å²) in [5.41, 5.74) is 2.30. The monoisotopic (exact) mass is 465 g/mol. The van der Waals surface area contributed by atoms with Crippen LogP contribution < -0.4 is 14.9 Å². The molecule has 1 aliphatic rings. The van der Waals surface area contributed by atoms with Crippen LogP contribution in [-0.2, 0) is 14.8 Å². The van der Waals surface area contributed by atoms with E-state index in [0.29, 0.717) is 22.0 Å². The third-order valence-electron chi connectivity index (χ3n) is 4.99. The summed E-state index contributed by atoms with van der Waals surface area (Å²) in [6.45, 7) is 8.77. The van der Waals surface area contributed by atoms with Crippen LogP contribution in [0.5, 0.6) is 0 Å². The molecule has 2 aromatic rings. The number of hydrogen-bond acceptors (Lipinski definition) is 5. The maximum absolute atomic E-state index is 12.6. The maximum atomic E-state index is 12.6. The van der Waals surface area contributed by atoms with Crippen molar-refractivity contribution in [2.24, 2.45) is 0 Å². The SMILES string of the molecule is CC(C)S(=O)(=O)Nc1ccc(C(=O)Nc2ccc(N3C[C@@H](C)O[C@@H](C)C3)c(Cl)c2)cc1. The Hall–Kier alpha value is -2.29. The highest BCUT2D eigenvalue weighted by molar-refractivity contribution is 7.93. The van der Waals surface area contributed by atoms with Crippen LogP contribution in [0.4, 0.5) is 17.1 Å². The Morgan fingerprint density at radius 1 is 1.06 bits per heavy atom. The summed E-state index contributed by atoms with van der Waals surface area (Å²) in [6, 6.07) is 11.7. The summed E-state index contributed by atoms with van der Waals surface area (Å²) < 4.78 is 32.2. The van der Waals surface area contributed by atoms with Gasteiger partial charge in [-0.25, -0.2) is 8.42 Å². The lowest BCUT2D eigenvalue weighted by Gasteiger charge is -2.37. The quantitative estimate of drug-likeness (QED) is 0.661. The van der Waals surface area contributed by atoms with Gasteiger partial charge in [0.25, 0.3) is 5.91 Å². The van der Waals surface area contributed by atoms with Crippen LogP contribution in [0.3, 0.4) is 0 Å². The number of anilines is 3. The number of ether oxygens (including phenoxy) is 1.